The molecule has 0 saturated heterocycles. The second kappa shape index (κ2) is 7.00. The van der Waals surface area contributed by atoms with Crippen molar-refractivity contribution in [2.75, 3.05) is 11.9 Å². The van der Waals surface area contributed by atoms with Crippen molar-refractivity contribution < 1.29 is 26.4 Å². The lowest BCUT2D eigenvalue weighted by Crippen LogP contribution is -2.33. The van der Waals surface area contributed by atoms with Gasteiger partial charge in [0.15, 0.2) is 0 Å². The van der Waals surface area contributed by atoms with Gasteiger partial charge in [-0.05, 0) is 30.3 Å². The number of aromatic amines is 1. The molecule has 0 radical (unpaired) electrons. The lowest BCUT2D eigenvalue weighted by molar-refractivity contribution is -0.121. The molecule has 0 bridgehead atoms. The van der Waals surface area contributed by atoms with Crippen LogP contribution in [0, 0.1) is 0 Å². The molecule has 3 aromatic rings. The minimum absolute atomic E-state index is 0.284. The quantitative estimate of drug-likeness (QED) is 0.615. The van der Waals surface area contributed by atoms with E-state index in [9.17, 15) is 26.4 Å². The fourth-order valence-corrected chi connectivity index (χ4v) is 3.35. The summed E-state index contributed by atoms with van der Waals surface area (Å²) < 4.78 is 61.7. The molecule has 1 amide bonds. The van der Waals surface area contributed by atoms with Crippen molar-refractivity contribution in [3.8, 4) is 0 Å². The Morgan fingerprint density at radius 3 is 2.48 bits per heavy atom. The maximum atomic E-state index is 12.4. The van der Waals surface area contributed by atoms with Crippen LogP contribution < -0.4 is 10.0 Å². The van der Waals surface area contributed by atoms with Crippen LogP contribution in [-0.2, 0) is 10.0 Å². The van der Waals surface area contributed by atoms with E-state index in [2.05, 4.69) is 15.5 Å². The number of halogens is 3. The molecule has 0 saturated carbocycles. The number of fused-ring (bicyclic) bond motifs is 1. The molecular weight excluding hydrogens is 385 g/mol. The van der Waals surface area contributed by atoms with Crippen LogP contribution >= 0.6 is 0 Å². The highest BCUT2D eigenvalue weighted by molar-refractivity contribution is 7.89. The average Bonchev–Trinajstić information content (AvgIpc) is 3.08. The molecule has 3 rings (SSSR count). The summed E-state index contributed by atoms with van der Waals surface area (Å²) in [5.74, 6) is -0.448. The van der Waals surface area contributed by atoms with Crippen LogP contribution in [0.3, 0.4) is 0 Å². The van der Waals surface area contributed by atoms with E-state index in [1.807, 2.05) is 0 Å². The Kier molecular flexibility index (Phi) is 4.89. The minimum atomic E-state index is -4.66. The molecule has 27 heavy (non-hydrogen) atoms. The summed E-state index contributed by atoms with van der Waals surface area (Å²) in [6.07, 6.45) is -3.09. The molecule has 0 spiro atoms. The average molecular weight is 398 g/mol. The zero-order chi connectivity index (χ0) is 19.7. The number of alkyl halides is 3. The Morgan fingerprint density at radius 1 is 1.11 bits per heavy atom. The Hall–Kier alpha value is -2.92. The topological polar surface area (TPSA) is 104 Å². The summed E-state index contributed by atoms with van der Waals surface area (Å²) >= 11 is 0. The summed E-state index contributed by atoms with van der Waals surface area (Å²) in [6, 6.07) is 9.84. The van der Waals surface area contributed by atoms with E-state index in [-0.39, 0.29) is 10.6 Å². The number of amides is 1. The summed E-state index contributed by atoms with van der Waals surface area (Å²) in [6.45, 7) is -1.66. The number of aromatic nitrogens is 2. The number of nitrogens with one attached hydrogen (secondary N) is 3. The lowest BCUT2D eigenvalue weighted by Gasteiger charge is -2.10. The molecule has 142 valence electrons. The number of sulfonamides is 1. The summed E-state index contributed by atoms with van der Waals surface area (Å²) in [7, 11) is -4.31. The third-order valence-electron chi connectivity index (χ3n) is 3.61. The van der Waals surface area contributed by atoms with Gasteiger partial charge in [-0.15, -0.1) is 0 Å². The molecule has 1 heterocycles. The van der Waals surface area contributed by atoms with E-state index in [1.165, 1.54) is 16.9 Å². The number of anilines is 1. The molecule has 2 aromatic carbocycles. The van der Waals surface area contributed by atoms with E-state index in [1.54, 1.807) is 24.4 Å². The number of carbonyl (C=O) groups is 1. The number of H-pyrrole nitrogens is 1. The van der Waals surface area contributed by atoms with Gasteiger partial charge in [-0.3, -0.25) is 9.89 Å². The maximum absolute atomic E-state index is 12.4. The third-order valence-corrected chi connectivity index (χ3v) is 5.02. The molecule has 0 fully saturated rings. The molecule has 0 aliphatic heterocycles. The first kappa shape index (κ1) is 18.9. The van der Waals surface area contributed by atoms with Crippen LogP contribution in [0.1, 0.15) is 10.4 Å². The third kappa shape index (κ3) is 4.44. The molecule has 0 aliphatic carbocycles. The summed E-state index contributed by atoms with van der Waals surface area (Å²) in [5.41, 5.74) is 1.17. The van der Waals surface area contributed by atoms with Crippen LogP contribution in [-0.4, -0.2) is 37.2 Å². The van der Waals surface area contributed by atoms with Gasteiger partial charge in [0.25, 0.3) is 5.91 Å². The van der Waals surface area contributed by atoms with E-state index in [0.29, 0.717) is 11.1 Å². The van der Waals surface area contributed by atoms with Gasteiger partial charge >= 0.3 is 6.18 Å². The first-order valence-electron chi connectivity index (χ1n) is 7.56. The fraction of sp³-hybridized carbons (Fsp3) is 0.125. The number of hydrogen-bond acceptors (Lipinski definition) is 4. The van der Waals surface area contributed by atoms with Crippen molar-refractivity contribution in [1.82, 2.24) is 14.9 Å². The van der Waals surface area contributed by atoms with Crippen molar-refractivity contribution in [1.29, 1.82) is 0 Å². The monoisotopic (exact) mass is 398 g/mol. The molecule has 0 unspecified atom stereocenters. The second-order valence-corrected chi connectivity index (χ2v) is 7.32. The Labute approximate surface area is 151 Å². The van der Waals surface area contributed by atoms with Crippen molar-refractivity contribution in [3.05, 3.63) is 54.2 Å². The van der Waals surface area contributed by atoms with Gasteiger partial charge in [0.2, 0.25) is 10.0 Å². The molecule has 11 heteroatoms. The molecule has 7 nitrogen and oxygen atoms in total. The van der Waals surface area contributed by atoms with E-state index in [0.717, 1.165) is 17.5 Å². The number of hydrogen-bond donors (Lipinski definition) is 3. The second-order valence-electron chi connectivity index (χ2n) is 5.56. The van der Waals surface area contributed by atoms with E-state index >= 15 is 0 Å². The van der Waals surface area contributed by atoms with Crippen molar-refractivity contribution in [2.45, 2.75) is 11.1 Å². The Morgan fingerprint density at radius 2 is 1.81 bits per heavy atom. The SMILES string of the molecule is O=C(Nc1ccc(S(=O)(=O)NCC(F)(F)F)cc1)c1cccc2cn[nH]c12. The first-order chi connectivity index (χ1) is 12.7. The number of para-hydroxylation sites is 1. The van der Waals surface area contributed by atoms with Gasteiger partial charge < -0.3 is 5.32 Å². The molecule has 0 atom stereocenters. The van der Waals surface area contributed by atoms with Crippen molar-refractivity contribution >= 4 is 32.5 Å². The summed E-state index contributed by atoms with van der Waals surface area (Å²) in [4.78, 5) is 12.1. The predicted octanol–water partition coefficient (Wildman–Crippen LogP) is 2.66. The fourth-order valence-electron chi connectivity index (χ4n) is 2.33. The van der Waals surface area contributed by atoms with Crippen molar-refractivity contribution in [3.63, 3.8) is 0 Å². The van der Waals surface area contributed by atoms with Crippen LogP contribution in [0.4, 0.5) is 18.9 Å². The van der Waals surface area contributed by atoms with E-state index in [4.69, 9.17) is 0 Å². The standard InChI is InChI=1S/C16H13F3N4O3S/c17-16(18,19)9-21-27(25,26)12-6-4-11(5-7-12)22-15(24)13-3-1-2-10-8-20-23-14(10)13/h1-8,21H,9H2,(H,20,23)(H,22,24). The smallest absolute Gasteiger partial charge is 0.322 e. The zero-order valence-corrected chi connectivity index (χ0v) is 14.4. The number of rotatable bonds is 5. The van der Waals surface area contributed by atoms with Crippen molar-refractivity contribution in [2.24, 2.45) is 0 Å². The van der Waals surface area contributed by atoms with Gasteiger partial charge in [0.05, 0.1) is 22.2 Å². The molecule has 3 N–H and O–H groups in total. The van der Waals surface area contributed by atoms with Gasteiger partial charge in [-0.1, -0.05) is 12.1 Å². The lowest BCUT2D eigenvalue weighted by atomic mass is 10.1. The highest BCUT2D eigenvalue weighted by Crippen LogP contribution is 2.20. The molecule has 0 aliphatic rings. The minimum Gasteiger partial charge on any atom is -0.322 e. The van der Waals surface area contributed by atoms with Gasteiger partial charge in [-0.2, -0.15) is 18.3 Å². The van der Waals surface area contributed by atoms with Gasteiger partial charge in [0.1, 0.15) is 6.54 Å². The van der Waals surface area contributed by atoms with Crippen LogP contribution in [0.2, 0.25) is 0 Å². The Bertz CT molecular complexity index is 1080. The maximum Gasteiger partial charge on any atom is 0.402 e. The molecule has 1 aromatic heterocycles. The van der Waals surface area contributed by atoms with Crippen LogP contribution in [0.15, 0.2) is 53.6 Å². The van der Waals surface area contributed by atoms with Gasteiger partial charge in [-0.25, -0.2) is 13.1 Å². The molecular formula is C16H13F3N4O3S. The normalized spacial score (nSPS) is 12.3. The zero-order valence-electron chi connectivity index (χ0n) is 13.5. The van der Waals surface area contributed by atoms with E-state index < -0.39 is 28.7 Å². The van der Waals surface area contributed by atoms with Gasteiger partial charge in [0, 0.05) is 11.1 Å². The summed E-state index contributed by atoms with van der Waals surface area (Å²) in [5, 5.41) is 9.93. The number of carbonyl (C=O) groups excluding carboxylic acids is 1. The number of benzene rings is 2. The predicted molar refractivity (Wildman–Crippen MR) is 91.7 cm³/mol. The number of nitrogens with zero attached hydrogens (tertiary/aromatic N) is 1. The Balaban J connectivity index is 1.74. The van der Waals surface area contributed by atoms with Crippen LogP contribution in [0.5, 0.6) is 0 Å². The van der Waals surface area contributed by atoms with Crippen LogP contribution in [0.25, 0.3) is 10.9 Å². The first-order valence-corrected chi connectivity index (χ1v) is 9.04. The highest BCUT2D eigenvalue weighted by Gasteiger charge is 2.30. The highest BCUT2D eigenvalue weighted by atomic mass is 32.2. The largest absolute Gasteiger partial charge is 0.402 e.